The minimum absolute atomic E-state index is 0. The summed E-state index contributed by atoms with van der Waals surface area (Å²) in [7, 11) is 2.13. The maximum atomic E-state index is 11.4. The molecule has 2 aromatic carbocycles. The summed E-state index contributed by atoms with van der Waals surface area (Å²) in [5, 5.41) is 11.4. The third-order valence-corrected chi connectivity index (χ3v) is 5.18. The van der Waals surface area contributed by atoms with E-state index in [4.69, 9.17) is 4.74 Å². The molecule has 2 heterocycles. The maximum absolute atomic E-state index is 11.4. The summed E-state index contributed by atoms with van der Waals surface area (Å²) in [6.07, 6.45) is 0. The number of hydrogen-bond acceptors (Lipinski definition) is 5. The van der Waals surface area contributed by atoms with Gasteiger partial charge in [-0.15, -0.1) is 0 Å². The van der Waals surface area contributed by atoms with Gasteiger partial charge in [-0.25, -0.2) is 0 Å². The summed E-state index contributed by atoms with van der Waals surface area (Å²) in [6.45, 7) is 4.36. The van der Waals surface area contributed by atoms with Crippen molar-refractivity contribution in [3.05, 3.63) is 64.7 Å². The first-order valence-corrected chi connectivity index (χ1v) is 8.62. The van der Waals surface area contributed by atoms with E-state index in [0.717, 1.165) is 43.1 Å². The molecule has 0 amide bonds. The summed E-state index contributed by atoms with van der Waals surface area (Å²) in [6, 6.07) is 13.3. The molecule has 0 aromatic heterocycles. The molecule has 0 saturated carbocycles. The SMILES string of the molecule is CN1CCN(C2c3ccccc3COc3ccc(C(=O)[O-])cc32)CC1.[Na+]. The Kier molecular flexibility index (Phi) is 6.05. The van der Waals surface area contributed by atoms with Crippen LogP contribution in [0, 0.1) is 0 Å². The number of benzene rings is 2. The van der Waals surface area contributed by atoms with Crippen LogP contribution >= 0.6 is 0 Å². The third-order valence-electron chi connectivity index (χ3n) is 5.18. The predicted octanol–water partition coefficient (Wildman–Crippen LogP) is -1.72. The van der Waals surface area contributed by atoms with Gasteiger partial charge in [0, 0.05) is 31.7 Å². The van der Waals surface area contributed by atoms with Gasteiger partial charge in [0.25, 0.3) is 0 Å². The van der Waals surface area contributed by atoms with E-state index < -0.39 is 5.97 Å². The predicted molar refractivity (Wildman–Crippen MR) is 92.5 cm³/mol. The Morgan fingerprint density at radius 3 is 2.54 bits per heavy atom. The maximum Gasteiger partial charge on any atom is 1.00 e. The molecular formula is C20H21N2NaO3. The van der Waals surface area contributed by atoms with E-state index >= 15 is 0 Å². The van der Waals surface area contributed by atoms with Gasteiger partial charge < -0.3 is 19.5 Å². The summed E-state index contributed by atoms with van der Waals surface area (Å²) in [5.74, 6) is -0.400. The van der Waals surface area contributed by atoms with Crippen molar-refractivity contribution in [3.8, 4) is 5.75 Å². The van der Waals surface area contributed by atoms with Crippen LogP contribution in [0.3, 0.4) is 0 Å². The Bertz CT molecular complexity index is 803. The largest absolute Gasteiger partial charge is 1.00 e. The number of carboxylic acid groups (broad SMARTS) is 1. The Morgan fingerprint density at radius 1 is 1.08 bits per heavy atom. The van der Waals surface area contributed by atoms with E-state index in [-0.39, 0.29) is 41.2 Å². The van der Waals surface area contributed by atoms with Gasteiger partial charge in [-0.05, 0) is 41.9 Å². The number of rotatable bonds is 2. The molecule has 2 aliphatic heterocycles. The molecule has 0 bridgehead atoms. The molecule has 4 rings (SSSR count). The van der Waals surface area contributed by atoms with Crippen LogP contribution in [-0.4, -0.2) is 49.0 Å². The van der Waals surface area contributed by atoms with Crippen molar-refractivity contribution in [2.24, 2.45) is 0 Å². The number of likely N-dealkylation sites (N-methyl/N-ethyl adjacent to an activating group) is 1. The van der Waals surface area contributed by atoms with Gasteiger partial charge in [-0.2, -0.15) is 0 Å². The molecule has 26 heavy (non-hydrogen) atoms. The van der Waals surface area contributed by atoms with Gasteiger partial charge in [0.1, 0.15) is 12.4 Å². The Balaban J connectivity index is 0.00000196. The number of piperazine rings is 1. The smallest absolute Gasteiger partial charge is 0.545 e. The van der Waals surface area contributed by atoms with Crippen molar-refractivity contribution in [1.29, 1.82) is 0 Å². The zero-order chi connectivity index (χ0) is 17.4. The van der Waals surface area contributed by atoms with Crippen LogP contribution in [0.25, 0.3) is 0 Å². The Labute approximate surface area is 175 Å². The minimum atomic E-state index is -1.16. The van der Waals surface area contributed by atoms with Gasteiger partial charge in [0.2, 0.25) is 0 Å². The fraction of sp³-hybridized carbons (Fsp3) is 0.350. The van der Waals surface area contributed by atoms with Gasteiger partial charge in [0.15, 0.2) is 0 Å². The topological polar surface area (TPSA) is 55.8 Å². The quantitative estimate of drug-likeness (QED) is 0.597. The molecule has 0 spiro atoms. The third kappa shape index (κ3) is 3.68. The standard InChI is InChI=1S/C20H22N2O3.Na/c1-21-8-10-22(11-9-21)19-16-5-3-2-4-15(16)13-25-18-7-6-14(20(23)24)12-17(18)19;/h2-7,12,19H,8-11,13H2,1H3,(H,23,24);/q;+1/p-1. The van der Waals surface area contributed by atoms with Crippen LogP contribution in [0.2, 0.25) is 0 Å². The van der Waals surface area contributed by atoms with Crippen molar-refractivity contribution in [1.82, 2.24) is 9.80 Å². The van der Waals surface area contributed by atoms with E-state index in [9.17, 15) is 9.90 Å². The summed E-state index contributed by atoms with van der Waals surface area (Å²) in [5.41, 5.74) is 3.45. The normalized spacial score (nSPS) is 20.1. The van der Waals surface area contributed by atoms with Crippen LogP contribution < -0.4 is 39.4 Å². The summed E-state index contributed by atoms with van der Waals surface area (Å²) >= 11 is 0. The van der Waals surface area contributed by atoms with Gasteiger partial charge in [-0.1, -0.05) is 24.3 Å². The van der Waals surface area contributed by atoms with Gasteiger partial charge in [-0.3, -0.25) is 4.90 Å². The van der Waals surface area contributed by atoms with E-state index in [1.165, 1.54) is 5.56 Å². The van der Waals surface area contributed by atoms with Gasteiger partial charge >= 0.3 is 29.6 Å². The molecule has 0 aliphatic carbocycles. The number of fused-ring (bicyclic) bond motifs is 2. The van der Waals surface area contributed by atoms with Gasteiger partial charge in [0.05, 0.1) is 12.0 Å². The number of carboxylic acids is 1. The van der Waals surface area contributed by atoms with Crippen molar-refractivity contribution in [2.75, 3.05) is 33.2 Å². The number of nitrogens with zero attached hydrogens (tertiary/aromatic N) is 2. The Hall–Kier alpha value is -1.37. The molecule has 1 unspecified atom stereocenters. The van der Waals surface area contributed by atoms with Crippen molar-refractivity contribution in [3.63, 3.8) is 0 Å². The first kappa shape index (κ1) is 19.4. The van der Waals surface area contributed by atoms with E-state index in [1.54, 1.807) is 18.2 Å². The second kappa shape index (κ2) is 8.11. The molecule has 1 atom stereocenters. The Morgan fingerprint density at radius 2 is 1.81 bits per heavy atom. The molecule has 1 fully saturated rings. The number of hydrogen-bond donors (Lipinski definition) is 0. The van der Waals surface area contributed by atoms with E-state index in [2.05, 4.69) is 29.0 Å². The summed E-state index contributed by atoms with van der Waals surface area (Å²) in [4.78, 5) is 16.1. The first-order chi connectivity index (χ1) is 12.1. The van der Waals surface area contributed by atoms with Crippen molar-refractivity contribution >= 4 is 5.97 Å². The van der Waals surface area contributed by atoms with Crippen LogP contribution in [0.5, 0.6) is 5.75 Å². The number of aromatic carboxylic acids is 1. The molecule has 2 aliphatic rings. The average molecular weight is 360 g/mol. The van der Waals surface area contributed by atoms with Crippen LogP contribution in [-0.2, 0) is 6.61 Å². The molecule has 0 N–H and O–H groups in total. The zero-order valence-electron chi connectivity index (χ0n) is 15.3. The molecule has 2 aromatic rings. The van der Waals surface area contributed by atoms with Crippen LogP contribution in [0.15, 0.2) is 42.5 Å². The molecule has 5 nitrogen and oxygen atoms in total. The monoisotopic (exact) mass is 360 g/mol. The zero-order valence-corrected chi connectivity index (χ0v) is 17.3. The number of carbonyl (C=O) groups is 1. The minimum Gasteiger partial charge on any atom is -0.545 e. The van der Waals surface area contributed by atoms with Crippen LogP contribution in [0.4, 0.5) is 0 Å². The second-order valence-electron chi connectivity index (χ2n) is 6.77. The van der Waals surface area contributed by atoms with Crippen molar-refractivity contribution in [2.45, 2.75) is 12.6 Å². The van der Waals surface area contributed by atoms with E-state index in [1.807, 2.05) is 12.1 Å². The molecule has 6 heteroatoms. The van der Waals surface area contributed by atoms with Crippen LogP contribution in [0.1, 0.15) is 33.1 Å². The average Bonchev–Trinajstić information content (AvgIpc) is 2.79. The molecule has 130 valence electrons. The fourth-order valence-electron chi connectivity index (χ4n) is 3.75. The molecule has 0 radical (unpaired) electrons. The molecule has 1 saturated heterocycles. The first-order valence-electron chi connectivity index (χ1n) is 8.62. The number of ether oxygens (including phenoxy) is 1. The van der Waals surface area contributed by atoms with E-state index in [0.29, 0.717) is 6.61 Å². The van der Waals surface area contributed by atoms with Crippen molar-refractivity contribution < 1.29 is 44.2 Å². The number of carbonyl (C=O) groups excluding carboxylic acids is 1. The summed E-state index contributed by atoms with van der Waals surface area (Å²) < 4.78 is 6.00. The molecular weight excluding hydrogens is 339 g/mol. The second-order valence-corrected chi connectivity index (χ2v) is 6.77. The fourth-order valence-corrected chi connectivity index (χ4v) is 3.75.